The summed E-state index contributed by atoms with van der Waals surface area (Å²) in [7, 11) is 0. The summed E-state index contributed by atoms with van der Waals surface area (Å²) in [5.74, 6) is -0.553. The number of aryl methyl sites for hydroxylation is 1. The topological polar surface area (TPSA) is 88.3 Å². The number of benzene rings is 3. The Balaban J connectivity index is 1.33. The van der Waals surface area contributed by atoms with E-state index in [4.69, 9.17) is 5.10 Å². The molecule has 0 unspecified atom stereocenters. The minimum absolute atomic E-state index is 0.0165. The molecule has 7 rings (SSSR count). The van der Waals surface area contributed by atoms with Gasteiger partial charge in [-0.3, -0.25) is 14.2 Å². The third-order valence-corrected chi connectivity index (χ3v) is 9.04. The summed E-state index contributed by atoms with van der Waals surface area (Å²) in [6.07, 6.45) is -0.530. The van der Waals surface area contributed by atoms with E-state index in [2.05, 4.69) is 25.9 Å². The first-order chi connectivity index (χ1) is 22.1. The number of hydrogen-bond donors (Lipinski definition) is 1. The highest BCUT2D eigenvalue weighted by Crippen LogP contribution is 2.36. The maximum absolute atomic E-state index is 14.3. The molecule has 1 aliphatic rings. The number of imidazole rings is 1. The lowest BCUT2D eigenvalue weighted by Crippen LogP contribution is -2.41. The van der Waals surface area contributed by atoms with Gasteiger partial charge in [0.05, 0.1) is 47.4 Å². The lowest BCUT2D eigenvalue weighted by molar-refractivity contribution is -0.138. The molecular formula is C34H26BrF3N6O2. The second kappa shape index (κ2) is 11.4. The molecule has 1 N–H and O–H groups in total. The molecule has 3 aromatic heterocycles. The van der Waals surface area contributed by atoms with Crippen molar-refractivity contribution in [3.05, 3.63) is 139 Å². The average Bonchev–Trinajstić information content (AvgIpc) is 3.67. The molecule has 6 aromatic rings. The molecule has 3 aromatic carbocycles. The third kappa shape index (κ3) is 5.22. The molecule has 0 radical (unpaired) electrons. The Hall–Kier alpha value is -4.97. The van der Waals surface area contributed by atoms with E-state index in [0.717, 1.165) is 34.1 Å². The molecule has 46 heavy (non-hydrogen) atoms. The minimum Gasteiger partial charge on any atom is -0.344 e. The average molecular weight is 688 g/mol. The summed E-state index contributed by atoms with van der Waals surface area (Å²) < 4.78 is 44.0. The number of halogens is 4. The van der Waals surface area contributed by atoms with Crippen molar-refractivity contribution in [1.29, 1.82) is 0 Å². The summed E-state index contributed by atoms with van der Waals surface area (Å²) in [6, 6.07) is 20.9. The Labute approximate surface area is 269 Å². The summed E-state index contributed by atoms with van der Waals surface area (Å²) >= 11 is 2.94. The van der Waals surface area contributed by atoms with Gasteiger partial charge in [0.1, 0.15) is 5.65 Å². The molecule has 8 nitrogen and oxygen atoms in total. The van der Waals surface area contributed by atoms with E-state index in [9.17, 15) is 22.8 Å². The molecule has 1 aliphatic heterocycles. The van der Waals surface area contributed by atoms with Crippen molar-refractivity contribution in [2.45, 2.75) is 32.5 Å². The van der Waals surface area contributed by atoms with Gasteiger partial charge in [0, 0.05) is 34.1 Å². The van der Waals surface area contributed by atoms with Gasteiger partial charge >= 0.3 is 6.18 Å². The molecule has 0 saturated heterocycles. The fourth-order valence-electron chi connectivity index (χ4n) is 6.06. The Bertz CT molecular complexity index is 2170. The van der Waals surface area contributed by atoms with Crippen LogP contribution in [0.2, 0.25) is 0 Å². The number of carbonyl (C=O) groups is 1. The van der Waals surface area contributed by atoms with Crippen LogP contribution in [-0.4, -0.2) is 41.5 Å². The first kappa shape index (κ1) is 29.7. The Kier molecular flexibility index (Phi) is 7.39. The number of fused-ring (bicyclic) bond motifs is 3. The highest BCUT2D eigenvalue weighted by atomic mass is 79.9. The summed E-state index contributed by atoms with van der Waals surface area (Å²) in [5, 5.41) is 4.70. The molecule has 0 saturated carbocycles. The highest BCUT2D eigenvalue weighted by Gasteiger charge is 2.35. The van der Waals surface area contributed by atoms with E-state index in [1.165, 1.54) is 17.0 Å². The van der Waals surface area contributed by atoms with E-state index in [0.29, 0.717) is 29.0 Å². The molecule has 0 bridgehead atoms. The van der Waals surface area contributed by atoms with Gasteiger partial charge in [-0.1, -0.05) is 58.4 Å². The first-order valence-corrected chi connectivity index (χ1v) is 15.3. The Morgan fingerprint density at radius 2 is 1.80 bits per heavy atom. The smallest absolute Gasteiger partial charge is 0.344 e. The van der Waals surface area contributed by atoms with Gasteiger partial charge in [0.2, 0.25) is 0 Å². The Morgan fingerprint density at radius 3 is 2.50 bits per heavy atom. The molecule has 1 amide bonds. The first-order valence-electron chi connectivity index (χ1n) is 14.5. The van der Waals surface area contributed by atoms with Crippen LogP contribution in [-0.2, 0) is 25.6 Å². The zero-order valence-electron chi connectivity index (χ0n) is 24.5. The van der Waals surface area contributed by atoms with Crippen molar-refractivity contribution in [2.24, 2.45) is 0 Å². The number of aromatic amines is 1. The number of carbonyl (C=O) groups excluding carboxylic acids is 1. The maximum Gasteiger partial charge on any atom is 0.417 e. The second-order valence-electron chi connectivity index (χ2n) is 11.2. The van der Waals surface area contributed by atoms with Gasteiger partial charge in [-0.05, 0) is 54.8 Å². The lowest BCUT2D eigenvalue weighted by atomic mass is 10.0. The van der Waals surface area contributed by atoms with E-state index >= 15 is 0 Å². The molecule has 0 aliphatic carbocycles. The quantitative estimate of drug-likeness (QED) is 0.217. The van der Waals surface area contributed by atoms with Crippen molar-refractivity contribution in [2.75, 3.05) is 6.54 Å². The van der Waals surface area contributed by atoms with Crippen LogP contribution in [0.1, 0.15) is 44.0 Å². The van der Waals surface area contributed by atoms with Gasteiger partial charge in [-0.2, -0.15) is 18.3 Å². The van der Waals surface area contributed by atoms with Crippen molar-refractivity contribution < 1.29 is 18.0 Å². The van der Waals surface area contributed by atoms with Crippen molar-refractivity contribution in [3.63, 3.8) is 0 Å². The summed E-state index contributed by atoms with van der Waals surface area (Å²) in [6.45, 7) is 2.10. The number of nitrogens with zero attached hydrogens (tertiary/aromatic N) is 5. The van der Waals surface area contributed by atoms with Gasteiger partial charge in [0.25, 0.3) is 11.5 Å². The SMILES string of the molecule is Cc1nc[nH]c1-c1ccc(-n2c(=O)c3c(n4ncc(Cc5ccccc5)c24)CN(C(=O)c2ccc(Br)c(C(F)(F)F)c2)CC3)cc1. The summed E-state index contributed by atoms with van der Waals surface area (Å²) in [4.78, 5) is 36.7. The predicted molar refractivity (Wildman–Crippen MR) is 170 cm³/mol. The number of aromatic nitrogens is 5. The van der Waals surface area contributed by atoms with Gasteiger partial charge < -0.3 is 9.88 Å². The molecule has 0 spiro atoms. The van der Waals surface area contributed by atoms with Crippen LogP contribution in [0, 0.1) is 6.92 Å². The van der Waals surface area contributed by atoms with Gasteiger partial charge in [-0.15, -0.1) is 0 Å². The molecular weight excluding hydrogens is 661 g/mol. The van der Waals surface area contributed by atoms with Crippen molar-refractivity contribution in [1.82, 2.24) is 29.0 Å². The largest absolute Gasteiger partial charge is 0.417 e. The van der Waals surface area contributed by atoms with Crippen LogP contribution in [0.15, 0.2) is 94.6 Å². The molecule has 0 fully saturated rings. The van der Waals surface area contributed by atoms with Crippen molar-refractivity contribution in [3.8, 4) is 16.9 Å². The standard InChI is InChI=1S/C34H26BrF3N6O2/c1-20-30(40-19-39-20)22-7-10-25(11-8-22)43-31-24(15-21-5-3-2-4-6-21)17-41-44(31)29-18-42(14-13-26(29)33(43)46)32(45)23-9-12-28(35)27(16-23)34(36,37)38/h2-12,16-17,19H,13-15,18H2,1H3,(H,39,40). The molecule has 0 atom stereocenters. The van der Waals surface area contributed by atoms with Crippen LogP contribution in [0.3, 0.4) is 0 Å². The predicted octanol–water partition coefficient (Wildman–Crippen LogP) is 6.75. The van der Waals surface area contributed by atoms with E-state index in [1.54, 1.807) is 21.6 Å². The number of amides is 1. The zero-order chi connectivity index (χ0) is 32.2. The highest BCUT2D eigenvalue weighted by molar-refractivity contribution is 9.10. The summed E-state index contributed by atoms with van der Waals surface area (Å²) in [5.41, 5.74) is 5.55. The minimum atomic E-state index is -4.62. The van der Waals surface area contributed by atoms with E-state index in [1.807, 2.05) is 61.5 Å². The second-order valence-corrected chi connectivity index (χ2v) is 12.1. The van der Waals surface area contributed by atoms with Gasteiger partial charge in [-0.25, -0.2) is 9.50 Å². The van der Waals surface area contributed by atoms with Crippen LogP contribution < -0.4 is 5.56 Å². The number of alkyl halides is 3. The van der Waals surface area contributed by atoms with Crippen molar-refractivity contribution >= 4 is 27.5 Å². The fourth-order valence-corrected chi connectivity index (χ4v) is 6.53. The molecule has 232 valence electrons. The monoisotopic (exact) mass is 686 g/mol. The van der Waals surface area contributed by atoms with E-state index in [-0.39, 0.29) is 35.1 Å². The number of hydrogen-bond acceptors (Lipinski definition) is 4. The lowest BCUT2D eigenvalue weighted by Gasteiger charge is -2.30. The maximum atomic E-state index is 14.3. The third-order valence-electron chi connectivity index (χ3n) is 8.35. The Morgan fingerprint density at radius 1 is 1.04 bits per heavy atom. The van der Waals surface area contributed by atoms with Crippen LogP contribution in [0.4, 0.5) is 13.2 Å². The fraction of sp³-hybridized carbons (Fsp3) is 0.176. The number of rotatable bonds is 5. The van der Waals surface area contributed by atoms with Crippen LogP contribution >= 0.6 is 15.9 Å². The van der Waals surface area contributed by atoms with Crippen LogP contribution in [0.5, 0.6) is 0 Å². The normalized spacial score (nSPS) is 13.3. The van der Waals surface area contributed by atoms with Gasteiger partial charge in [0.15, 0.2) is 0 Å². The van der Waals surface area contributed by atoms with Crippen LogP contribution in [0.25, 0.3) is 22.6 Å². The molecule has 4 heterocycles. The number of H-pyrrole nitrogens is 1. The van der Waals surface area contributed by atoms with E-state index < -0.39 is 17.6 Å². The zero-order valence-corrected chi connectivity index (χ0v) is 26.1. The molecule has 12 heteroatoms. The number of nitrogens with one attached hydrogen (secondary N) is 1.